The Kier molecular flexibility index (Phi) is 5.83. The van der Waals surface area contributed by atoms with Crippen molar-refractivity contribution in [1.29, 1.82) is 0 Å². The first-order valence-corrected chi connectivity index (χ1v) is 8.56. The molecular weight excluding hydrogens is 366 g/mol. The Bertz CT molecular complexity index is 950. The fourth-order valence-corrected chi connectivity index (χ4v) is 2.58. The number of carbonyl (C=O) groups excluding carboxylic acids is 1. The molecule has 0 radical (unpaired) electrons. The lowest BCUT2D eigenvalue weighted by Crippen LogP contribution is -2.16. The van der Waals surface area contributed by atoms with Gasteiger partial charge >= 0.3 is 0 Å². The van der Waals surface area contributed by atoms with E-state index in [0.717, 1.165) is 5.56 Å². The SMILES string of the molecule is COc1ccc(Cl)cc1NC(=O)c1cc(C)nc(NCc2ccncc2)n1. The van der Waals surface area contributed by atoms with Crippen LogP contribution < -0.4 is 15.4 Å². The molecular formula is C19H18ClN5O2. The summed E-state index contributed by atoms with van der Waals surface area (Å²) in [6, 6.07) is 10.4. The van der Waals surface area contributed by atoms with Crippen LogP contribution in [0.5, 0.6) is 5.75 Å². The van der Waals surface area contributed by atoms with Gasteiger partial charge in [0, 0.05) is 29.7 Å². The molecule has 0 spiro atoms. The Hall–Kier alpha value is -3.19. The number of amides is 1. The summed E-state index contributed by atoms with van der Waals surface area (Å²) in [5.74, 6) is 0.498. The number of carbonyl (C=O) groups is 1. The van der Waals surface area contributed by atoms with E-state index in [0.29, 0.717) is 34.6 Å². The zero-order valence-corrected chi connectivity index (χ0v) is 15.6. The highest BCUT2D eigenvalue weighted by Gasteiger charge is 2.14. The first-order chi connectivity index (χ1) is 13.0. The number of rotatable bonds is 6. The van der Waals surface area contributed by atoms with Crippen LogP contribution in [0.3, 0.4) is 0 Å². The molecule has 138 valence electrons. The molecule has 3 rings (SSSR count). The number of anilines is 2. The van der Waals surface area contributed by atoms with Crippen LogP contribution in [-0.2, 0) is 6.54 Å². The number of hydrogen-bond acceptors (Lipinski definition) is 6. The third-order valence-corrected chi connectivity index (χ3v) is 3.93. The van der Waals surface area contributed by atoms with Gasteiger partial charge in [-0.25, -0.2) is 9.97 Å². The van der Waals surface area contributed by atoms with Crippen molar-refractivity contribution in [2.75, 3.05) is 17.7 Å². The highest BCUT2D eigenvalue weighted by atomic mass is 35.5. The molecule has 1 aromatic carbocycles. The van der Waals surface area contributed by atoms with Gasteiger partial charge in [-0.05, 0) is 48.9 Å². The van der Waals surface area contributed by atoms with E-state index < -0.39 is 0 Å². The fraction of sp³-hybridized carbons (Fsp3) is 0.158. The summed E-state index contributed by atoms with van der Waals surface area (Å²) in [5, 5.41) is 6.38. The maximum Gasteiger partial charge on any atom is 0.274 e. The number of methoxy groups -OCH3 is 1. The van der Waals surface area contributed by atoms with Gasteiger partial charge in [-0.3, -0.25) is 9.78 Å². The van der Waals surface area contributed by atoms with Crippen molar-refractivity contribution in [3.63, 3.8) is 0 Å². The summed E-state index contributed by atoms with van der Waals surface area (Å²) < 4.78 is 5.25. The van der Waals surface area contributed by atoms with E-state index in [-0.39, 0.29) is 11.6 Å². The summed E-state index contributed by atoms with van der Waals surface area (Å²) in [6.07, 6.45) is 3.43. The molecule has 2 N–H and O–H groups in total. The number of pyridine rings is 1. The summed E-state index contributed by atoms with van der Waals surface area (Å²) in [7, 11) is 1.52. The standard InChI is InChI=1S/C19H18ClN5O2/c1-12-9-16(18(26)24-15-10-14(20)3-4-17(15)27-2)25-19(23-12)22-11-13-5-7-21-8-6-13/h3-10H,11H2,1-2H3,(H,24,26)(H,22,23,25). The van der Waals surface area contributed by atoms with E-state index >= 15 is 0 Å². The van der Waals surface area contributed by atoms with Gasteiger partial charge in [-0.1, -0.05) is 11.6 Å². The normalized spacial score (nSPS) is 10.3. The third kappa shape index (κ3) is 4.92. The Morgan fingerprint density at radius 1 is 1.15 bits per heavy atom. The summed E-state index contributed by atoms with van der Waals surface area (Å²) >= 11 is 6.01. The highest BCUT2D eigenvalue weighted by molar-refractivity contribution is 6.31. The molecule has 1 amide bonds. The largest absolute Gasteiger partial charge is 0.495 e. The molecule has 0 atom stereocenters. The minimum atomic E-state index is -0.381. The van der Waals surface area contributed by atoms with E-state index in [4.69, 9.17) is 16.3 Å². The van der Waals surface area contributed by atoms with E-state index in [9.17, 15) is 4.79 Å². The lowest BCUT2D eigenvalue weighted by molar-refractivity contribution is 0.102. The average Bonchev–Trinajstić information content (AvgIpc) is 2.67. The summed E-state index contributed by atoms with van der Waals surface area (Å²) in [6.45, 7) is 2.32. The van der Waals surface area contributed by atoms with Gasteiger partial charge in [-0.2, -0.15) is 0 Å². The molecule has 2 heterocycles. The van der Waals surface area contributed by atoms with Gasteiger partial charge in [0.15, 0.2) is 0 Å². The topological polar surface area (TPSA) is 89.0 Å². The van der Waals surface area contributed by atoms with Crippen LogP contribution in [-0.4, -0.2) is 28.0 Å². The number of aryl methyl sites for hydroxylation is 1. The van der Waals surface area contributed by atoms with Crippen molar-refractivity contribution >= 4 is 29.1 Å². The van der Waals surface area contributed by atoms with E-state index in [1.807, 2.05) is 12.1 Å². The van der Waals surface area contributed by atoms with Crippen molar-refractivity contribution < 1.29 is 9.53 Å². The maximum absolute atomic E-state index is 12.6. The van der Waals surface area contributed by atoms with Crippen LogP contribution in [0.4, 0.5) is 11.6 Å². The number of aromatic nitrogens is 3. The molecule has 8 heteroatoms. The monoisotopic (exact) mass is 383 g/mol. The quantitative estimate of drug-likeness (QED) is 0.674. The van der Waals surface area contributed by atoms with Crippen LogP contribution >= 0.6 is 11.6 Å². The van der Waals surface area contributed by atoms with Gasteiger partial charge in [0.1, 0.15) is 11.4 Å². The van der Waals surface area contributed by atoms with E-state index in [2.05, 4.69) is 25.6 Å². The maximum atomic E-state index is 12.6. The lowest BCUT2D eigenvalue weighted by Gasteiger charge is -2.11. The molecule has 0 saturated heterocycles. The third-order valence-electron chi connectivity index (χ3n) is 3.70. The van der Waals surface area contributed by atoms with Gasteiger partial charge in [0.05, 0.1) is 12.8 Å². The number of hydrogen-bond donors (Lipinski definition) is 2. The Morgan fingerprint density at radius 3 is 2.67 bits per heavy atom. The van der Waals surface area contributed by atoms with Gasteiger partial charge in [0.2, 0.25) is 5.95 Å². The van der Waals surface area contributed by atoms with Crippen LogP contribution in [0.1, 0.15) is 21.7 Å². The zero-order valence-electron chi connectivity index (χ0n) is 14.9. The second kappa shape index (κ2) is 8.46. The molecule has 0 aliphatic rings. The van der Waals surface area contributed by atoms with E-state index in [1.165, 1.54) is 7.11 Å². The number of nitrogens with zero attached hydrogens (tertiary/aromatic N) is 3. The van der Waals surface area contributed by atoms with Gasteiger partial charge in [0.25, 0.3) is 5.91 Å². The predicted molar refractivity (Wildman–Crippen MR) is 104 cm³/mol. The van der Waals surface area contributed by atoms with Crippen molar-refractivity contribution in [3.05, 3.63) is 70.8 Å². The van der Waals surface area contributed by atoms with E-state index in [1.54, 1.807) is 43.6 Å². The van der Waals surface area contributed by atoms with Gasteiger partial charge in [-0.15, -0.1) is 0 Å². The number of halogens is 1. The first kappa shape index (κ1) is 18.6. The lowest BCUT2D eigenvalue weighted by atomic mass is 10.2. The van der Waals surface area contributed by atoms with Crippen molar-refractivity contribution in [1.82, 2.24) is 15.0 Å². The zero-order chi connectivity index (χ0) is 19.2. The molecule has 0 aliphatic heterocycles. The molecule has 0 fully saturated rings. The fourth-order valence-electron chi connectivity index (χ4n) is 2.41. The summed E-state index contributed by atoms with van der Waals surface area (Å²) in [4.78, 5) is 25.2. The van der Waals surface area contributed by atoms with Crippen molar-refractivity contribution in [2.45, 2.75) is 13.5 Å². The van der Waals surface area contributed by atoms with Crippen molar-refractivity contribution in [2.24, 2.45) is 0 Å². The molecule has 27 heavy (non-hydrogen) atoms. The summed E-state index contributed by atoms with van der Waals surface area (Å²) in [5.41, 5.74) is 2.41. The Labute approximate surface area is 161 Å². The molecule has 2 aromatic heterocycles. The predicted octanol–water partition coefficient (Wildman–Crippen LogP) is 3.71. The molecule has 0 bridgehead atoms. The molecule has 7 nitrogen and oxygen atoms in total. The molecule has 0 saturated carbocycles. The number of nitrogens with one attached hydrogen (secondary N) is 2. The van der Waals surface area contributed by atoms with Crippen molar-refractivity contribution in [3.8, 4) is 5.75 Å². The molecule has 0 aliphatic carbocycles. The second-order valence-corrected chi connectivity index (χ2v) is 6.16. The smallest absolute Gasteiger partial charge is 0.274 e. The minimum absolute atomic E-state index is 0.238. The minimum Gasteiger partial charge on any atom is -0.495 e. The Morgan fingerprint density at radius 2 is 1.93 bits per heavy atom. The second-order valence-electron chi connectivity index (χ2n) is 5.73. The van der Waals surface area contributed by atoms with Crippen LogP contribution in [0.25, 0.3) is 0 Å². The average molecular weight is 384 g/mol. The first-order valence-electron chi connectivity index (χ1n) is 8.18. The highest BCUT2D eigenvalue weighted by Crippen LogP contribution is 2.28. The number of benzene rings is 1. The molecule has 0 unspecified atom stereocenters. The van der Waals surface area contributed by atoms with Crippen LogP contribution in [0.2, 0.25) is 5.02 Å². The van der Waals surface area contributed by atoms with Gasteiger partial charge < -0.3 is 15.4 Å². The number of ether oxygens (including phenoxy) is 1. The molecule has 3 aromatic rings. The van der Waals surface area contributed by atoms with Crippen LogP contribution in [0.15, 0.2) is 48.8 Å². The van der Waals surface area contributed by atoms with Crippen LogP contribution in [0, 0.1) is 6.92 Å². The Balaban J connectivity index is 1.77.